The molecule has 4 heteroatoms. The fourth-order valence-corrected chi connectivity index (χ4v) is 0.783. The maximum absolute atomic E-state index is 10.9. The van der Waals surface area contributed by atoms with Crippen LogP contribution in [0.15, 0.2) is 11.8 Å². The van der Waals surface area contributed by atoms with Crippen LogP contribution in [0.25, 0.3) is 0 Å². The van der Waals surface area contributed by atoms with Crippen LogP contribution in [0.4, 0.5) is 0 Å². The number of carbonyl (C=O) groups is 2. The van der Waals surface area contributed by atoms with Gasteiger partial charge in [-0.2, -0.15) is 0 Å². The lowest BCUT2D eigenvalue weighted by Crippen LogP contribution is -2.09. The number of hydrogen-bond donors (Lipinski definition) is 0. The van der Waals surface area contributed by atoms with Crippen molar-refractivity contribution in [3.8, 4) is 0 Å². The molecule has 11 heavy (non-hydrogen) atoms. The molecule has 1 rings (SSSR count). The van der Waals surface area contributed by atoms with Crippen molar-refractivity contribution in [1.82, 2.24) is 4.90 Å². The smallest absolute Gasteiger partial charge is 0.343 e. The van der Waals surface area contributed by atoms with Crippen LogP contribution < -0.4 is 0 Å². The fourth-order valence-electron chi connectivity index (χ4n) is 0.783. The van der Waals surface area contributed by atoms with Gasteiger partial charge in [-0.15, -0.1) is 0 Å². The first-order chi connectivity index (χ1) is 5.11. The van der Waals surface area contributed by atoms with Crippen LogP contribution in [0.5, 0.6) is 0 Å². The van der Waals surface area contributed by atoms with Crippen LogP contribution in [0.3, 0.4) is 0 Å². The van der Waals surface area contributed by atoms with E-state index in [1.54, 1.807) is 19.0 Å². The first-order valence-corrected chi connectivity index (χ1v) is 3.20. The molecule has 60 valence electrons. The van der Waals surface area contributed by atoms with E-state index in [-0.39, 0.29) is 18.0 Å². The predicted octanol–water partition coefficient (Wildman–Crippen LogP) is -0.442. The van der Waals surface area contributed by atoms with E-state index >= 15 is 0 Å². The second kappa shape index (κ2) is 2.74. The van der Waals surface area contributed by atoms with Crippen LogP contribution in [0.2, 0.25) is 0 Å². The summed E-state index contributed by atoms with van der Waals surface area (Å²) in [4.78, 5) is 23.3. The van der Waals surface area contributed by atoms with E-state index in [4.69, 9.17) is 0 Å². The zero-order chi connectivity index (χ0) is 8.43. The summed E-state index contributed by atoms with van der Waals surface area (Å²) < 4.78 is 4.50. The van der Waals surface area contributed by atoms with Crippen molar-refractivity contribution in [2.45, 2.75) is 0 Å². The number of ether oxygens (including phenoxy) is 1. The van der Waals surface area contributed by atoms with Crippen LogP contribution >= 0.6 is 0 Å². The van der Waals surface area contributed by atoms with E-state index in [9.17, 15) is 9.59 Å². The lowest BCUT2D eigenvalue weighted by atomic mass is 10.2. The highest BCUT2D eigenvalue weighted by Crippen LogP contribution is 2.08. The Morgan fingerprint density at radius 3 is 2.45 bits per heavy atom. The number of hydrogen-bond acceptors (Lipinski definition) is 4. The second-order valence-electron chi connectivity index (χ2n) is 2.51. The third-order valence-corrected chi connectivity index (χ3v) is 1.24. The maximum Gasteiger partial charge on any atom is 0.343 e. The highest BCUT2D eigenvalue weighted by atomic mass is 16.5. The Balaban J connectivity index is 2.84. The summed E-state index contributed by atoms with van der Waals surface area (Å²) in [5, 5.41) is 0. The number of cyclic esters (lactones) is 1. The molecule has 0 amide bonds. The molecular formula is C7H9NO3. The predicted molar refractivity (Wildman–Crippen MR) is 37.7 cm³/mol. The minimum Gasteiger partial charge on any atom is -0.454 e. The van der Waals surface area contributed by atoms with Crippen LogP contribution in [-0.4, -0.2) is 37.4 Å². The zero-order valence-corrected chi connectivity index (χ0v) is 6.46. The van der Waals surface area contributed by atoms with Crippen LogP contribution in [0, 0.1) is 0 Å². The van der Waals surface area contributed by atoms with Crippen LogP contribution in [0.1, 0.15) is 0 Å². The molecule has 0 aromatic heterocycles. The van der Waals surface area contributed by atoms with Gasteiger partial charge in [-0.1, -0.05) is 0 Å². The summed E-state index contributed by atoms with van der Waals surface area (Å²) in [5.74, 6) is -0.771. The molecule has 0 atom stereocenters. The van der Waals surface area contributed by atoms with Gasteiger partial charge in [0.2, 0.25) is 5.78 Å². The Morgan fingerprint density at radius 2 is 2.09 bits per heavy atom. The molecule has 1 aliphatic rings. The van der Waals surface area contributed by atoms with Crippen molar-refractivity contribution >= 4 is 11.8 Å². The monoisotopic (exact) mass is 155 g/mol. The molecule has 0 spiro atoms. The molecule has 4 nitrogen and oxygen atoms in total. The Morgan fingerprint density at radius 1 is 1.45 bits per heavy atom. The normalized spacial score (nSPS) is 20.7. The Kier molecular flexibility index (Phi) is 1.94. The highest BCUT2D eigenvalue weighted by molar-refractivity contribution is 6.21. The van der Waals surface area contributed by atoms with Crippen LogP contribution in [-0.2, 0) is 14.3 Å². The number of esters is 1. The number of Topliss-reactive ketones (excluding diaryl/α,β-unsaturated/α-hetero) is 1. The number of carbonyl (C=O) groups excluding carboxylic acids is 2. The molecule has 0 aromatic carbocycles. The summed E-state index contributed by atoms with van der Waals surface area (Å²) in [6, 6.07) is 0. The maximum atomic E-state index is 10.9. The second-order valence-corrected chi connectivity index (χ2v) is 2.51. The van der Waals surface area contributed by atoms with E-state index in [1.807, 2.05) is 0 Å². The molecule has 1 heterocycles. The molecule has 0 aromatic rings. The van der Waals surface area contributed by atoms with Gasteiger partial charge in [-0.25, -0.2) is 4.79 Å². The molecule has 0 bridgehead atoms. The molecule has 0 saturated carbocycles. The van der Waals surface area contributed by atoms with Gasteiger partial charge >= 0.3 is 5.97 Å². The van der Waals surface area contributed by atoms with Gasteiger partial charge < -0.3 is 9.64 Å². The topological polar surface area (TPSA) is 46.6 Å². The van der Waals surface area contributed by atoms with Gasteiger partial charge in [0.1, 0.15) is 5.57 Å². The minimum absolute atomic E-state index is 0.113. The molecular weight excluding hydrogens is 146 g/mol. The summed E-state index contributed by atoms with van der Waals surface area (Å²) in [6.45, 7) is -0.113. The van der Waals surface area contributed by atoms with E-state index in [2.05, 4.69) is 4.74 Å². The van der Waals surface area contributed by atoms with Gasteiger partial charge in [0.05, 0.1) is 0 Å². The molecule has 1 saturated heterocycles. The van der Waals surface area contributed by atoms with Crippen molar-refractivity contribution in [2.75, 3.05) is 20.7 Å². The standard InChI is InChI=1S/C7H9NO3/c1-8(2)3-5-6(9)4-11-7(5)10/h3H,4H2,1-2H3. The first-order valence-electron chi connectivity index (χ1n) is 3.20. The summed E-state index contributed by atoms with van der Waals surface area (Å²) >= 11 is 0. The van der Waals surface area contributed by atoms with Crippen molar-refractivity contribution < 1.29 is 14.3 Å². The van der Waals surface area contributed by atoms with Crippen molar-refractivity contribution in [3.05, 3.63) is 11.8 Å². The minimum atomic E-state index is -0.524. The molecule has 1 fully saturated rings. The largest absolute Gasteiger partial charge is 0.454 e. The van der Waals surface area contributed by atoms with Gasteiger partial charge in [-0.3, -0.25) is 4.79 Å². The molecule has 0 unspecified atom stereocenters. The van der Waals surface area contributed by atoms with E-state index in [1.165, 1.54) is 6.20 Å². The first kappa shape index (κ1) is 7.78. The SMILES string of the molecule is CN(C)C=C1C(=O)COC1=O. The lowest BCUT2D eigenvalue weighted by Gasteiger charge is -2.03. The Hall–Kier alpha value is -1.32. The summed E-state index contributed by atoms with van der Waals surface area (Å²) in [6.07, 6.45) is 1.47. The fraction of sp³-hybridized carbons (Fsp3) is 0.429. The zero-order valence-electron chi connectivity index (χ0n) is 6.46. The van der Waals surface area contributed by atoms with Crippen molar-refractivity contribution in [1.29, 1.82) is 0 Å². The molecule has 0 N–H and O–H groups in total. The Labute approximate surface area is 64.4 Å². The van der Waals surface area contributed by atoms with Gasteiger partial charge in [0.15, 0.2) is 6.61 Å². The van der Waals surface area contributed by atoms with Gasteiger partial charge in [0.25, 0.3) is 0 Å². The molecule has 0 radical (unpaired) electrons. The third kappa shape index (κ3) is 1.58. The molecule has 0 aliphatic carbocycles. The van der Waals surface area contributed by atoms with E-state index < -0.39 is 5.97 Å². The Bertz CT molecular complexity index is 212. The van der Waals surface area contributed by atoms with E-state index in [0.717, 1.165) is 0 Å². The molecule has 1 aliphatic heterocycles. The summed E-state index contributed by atoms with van der Waals surface area (Å²) in [7, 11) is 3.48. The number of ketones is 1. The number of nitrogens with zero attached hydrogens (tertiary/aromatic N) is 1. The lowest BCUT2D eigenvalue weighted by molar-refractivity contribution is -0.135. The van der Waals surface area contributed by atoms with Crippen molar-refractivity contribution in [3.63, 3.8) is 0 Å². The average Bonchev–Trinajstić information content (AvgIpc) is 2.18. The summed E-state index contributed by atoms with van der Waals surface area (Å²) in [5.41, 5.74) is 0.134. The van der Waals surface area contributed by atoms with Crippen molar-refractivity contribution in [2.24, 2.45) is 0 Å². The van der Waals surface area contributed by atoms with Gasteiger partial charge in [0, 0.05) is 20.3 Å². The van der Waals surface area contributed by atoms with E-state index in [0.29, 0.717) is 0 Å². The van der Waals surface area contributed by atoms with Gasteiger partial charge in [-0.05, 0) is 0 Å². The highest BCUT2D eigenvalue weighted by Gasteiger charge is 2.28. The third-order valence-electron chi connectivity index (χ3n) is 1.24. The average molecular weight is 155 g/mol. The quantitative estimate of drug-likeness (QED) is 0.292. The number of rotatable bonds is 1.